The summed E-state index contributed by atoms with van der Waals surface area (Å²) in [5.41, 5.74) is 5.03. The van der Waals surface area contributed by atoms with Crippen molar-refractivity contribution in [3.8, 4) is 0 Å². The average Bonchev–Trinajstić information content (AvgIpc) is 2.74. The number of ether oxygens (including phenoxy) is 1. The highest BCUT2D eigenvalue weighted by Gasteiger charge is 2.23. The number of fused-ring (bicyclic) bond motifs is 1. The number of carbonyl (C=O) groups excluding carboxylic acids is 1. The zero-order chi connectivity index (χ0) is 18.5. The Morgan fingerprint density at radius 3 is 2.70 bits per heavy atom. The van der Waals surface area contributed by atoms with Gasteiger partial charge in [0.25, 0.3) is 5.91 Å². The Bertz CT molecular complexity index is 918. The van der Waals surface area contributed by atoms with Crippen LogP contribution in [0.2, 0.25) is 0 Å². The lowest BCUT2D eigenvalue weighted by atomic mass is 9.97. The van der Waals surface area contributed by atoms with Crippen molar-refractivity contribution in [1.82, 2.24) is 25.1 Å². The summed E-state index contributed by atoms with van der Waals surface area (Å²) in [6.07, 6.45) is 11.0. The van der Waals surface area contributed by atoms with Gasteiger partial charge in [0.05, 0.1) is 31.2 Å². The number of rotatable bonds is 5. The second-order valence-electron chi connectivity index (χ2n) is 6.39. The van der Waals surface area contributed by atoms with E-state index < -0.39 is 0 Å². The van der Waals surface area contributed by atoms with E-state index in [0.717, 1.165) is 23.1 Å². The van der Waals surface area contributed by atoms with Crippen molar-refractivity contribution < 1.29 is 9.53 Å². The predicted molar refractivity (Wildman–Crippen MR) is 97.4 cm³/mol. The van der Waals surface area contributed by atoms with Gasteiger partial charge >= 0.3 is 0 Å². The Kier molecular flexibility index (Phi) is 5.11. The van der Waals surface area contributed by atoms with E-state index >= 15 is 0 Å². The lowest BCUT2D eigenvalue weighted by Crippen LogP contribution is -2.36. The molecule has 0 bridgehead atoms. The standard InChI is InChI=1S/C20H19N5O2/c26-20(16-3-7-23-24-11-16)25-8-4-19-17(12-25)9-22-10-18(19)14-27-13-15-1-5-21-6-2-15/h1-3,5-7,9-11H,4,8,12-14H2. The van der Waals surface area contributed by atoms with Crippen molar-refractivity contribution in [1.29, 1.82) is 0 Å². The topological polar surface area (TPSA) is 81.1 Å². The first-order chi connectivity index (χ1) is 13.3. The molecule has 0 saturated heterocycles. The Hall–Kier alpha value is -3.19. The van der Waals surface area contributed by atoms with E-state index in [-0.39, 0.29) is 5.91 Å². The molecule has 3 aromatic rings. The van der Waals surface area contributed by atoms with Gasteiger partial charge in [-0.1, -0.05) is 0 Å². The number of pyridine rings is 2. The quantitative estimate of drug-likeness (QED) is 0.693. The molecule has 27 heavy (non-hydrogen) atoms. The number of carbonyl (C=O) groups is 1. The smallest absolute Gasteiger partial charge is 0.255 e. The van der Waals surface area contributed by atoms with Gasteiger partial charge in [0.2, 0.25) is 0 Å². The van der Waals surface area contributed by atoms with Gasteiger partial charge in [-0.15, -0.1) is 0 Å². The first-order valence-electron chi connectivity index (χ1n) is 8.78. The fourth-order valence-corrected chi connectivity index (χ4v) is 3.22. The van der Waals surface area contributed by atoms with Gasteiger partial charge in [-0.3, -0.25) is 14.8 Å². The van der Waals surface area contributed by atoms with Gasteiger partial charge in [-0.2, -0.15) is 10.2 Å². The Labute approximate surface area is 157 Å². The van der Waals surface area contributed by atoms with Crippen LogP contribution in [0, 0.1) is 0 Å². The molecule has 4 rings (SSSR count). The second kappa shape index (κ2) is 8.01. The second-order valence-corrected chi connectivity index (χ2v) is 6.39. The van der Waals surface area contributed by atoms with E-state index in [4.69, 9.17) is 4.74 Å². The van der Waals surface area contributed by atoms with E-state index in [1.807, 2.05) is 29.4 Å². The van der Waals surface area contributed by atoms with Crippen LogP contribution in [-0.2, 0) is 30.9 Å². The monoisotopic (exact) mass is 361 g/mol. The highest BCUT2D eigenvalue weighted by Crippen LogP contribution is 2.23. The summed E-state index contributed by atoms with van der Waals surface area (Å²) in [5.74, 6) is -0.0325. The van der Waals surface area contributed by atoms with E-state index in [9.17, 15) is 4.79 Å². The Morgan fingerprint density at radius 1 is 1.00 bits per heavy atom. The van der Waals surface area contributed by atoms with Gasteiger partial charge in [-0.05, 0) is 46.9 Å². The summed E-state index contributed by atoms with van der Waals surface area (Å²) >= 11 is 0. The summed E-state index contributed by atoms with van der Waals surface area (Å²) in [4.78, 5) is 22.8. The molecule has 0 fully saturated rings. The Balaban J connectivity index is 1.43. The first kappa shape index (κ1) is 17.2. The number of nitrogens with zero attached hydrogens (tertiary/aromatic N) is 5. The third kappa shape index (κ3) is 3.98. The Morgan fingerprint density at radius 2 is 1.89 bits per heavy atom. The van der Waals surface area contributed by atoms with Crippen molar-refractivity contribution in [2.24, 2.45) is 0 Å². The van der Waals surface area contributed by atoms with Crippen LogP contribution in [0.5, 0.6) is 0 Å². The molecule has 0 unspecified atom stereocenters. The summed E-state index contributed by atoms with van der Waals surface area (Å²) in [5, 5.41) is 7.51. The first-order valence-corrected chi connectivity index (χ1v) is 8.78. The summed E-state index contributed by atoms with van der Waals surface area (Å²) < 4.78 is 5.85. The lowest BCUT2D eigenvalue weighted by Gasteiger charge is -2.29. The van der Waals surface area contributed by atoms with Crippen molar-refractivity contribution in [3.63, 3.8) is 0 Å². The van der Waals surface area contributed by atoms with Gasteiger partial charge in [-0.25, -0.2) is 0 Å². The van der Waals surface area contributed by atoms with Crippen LogP contribution in [-0.4, -0.2) is 37.5 Å². The van der Waals surface area contributed by atoms with Crippen LogP contribution in [0.25, 0.3) is 0 Å². The molecule has 7 heteroatoms. The maximum Gasteiger partial charge on any atom is 0.255 e. The maximum atomic E-state index is 12.6. The molecule has 1 amide bonds. The van der Waals surface area contributed by atoms with Gasteiger partial charge in [0.1, 0.15) is 0 Å². The number of hydrogen-bond acceptors (Lipinski definition) is 6. The van der Waals surface area contributed by atoms with Crippen molar-refractivity contribution in [2.75, 3.05) is 6.54 Å². The molecule has 1 aliphatic heterocycles. The normalized spacial score (nSPS) is 13.3. The molecule has 0 radical (unpaired) electrons. The van der Waals surface area contributed by atoms with Crippen LogP contribution in [0.3, 0.4) is 0 Å². The third-order valence-electron chi connectivity index (χ3n) is 4.62. The summed E-state index contributed by atoms with van der Waals surface area (Å²) in [6, 6.07) is 5.57. The van der Waals surface area contributed by atoms with Crippen LogP contribution in [0.15, 0.2) is 55.4 Å². The maximum absolute atomic E-state index is 12.6. The zero-order valence-electron chi connectivity index (χ0n) is 14.8. The molecule has 0 aliphatic carbocycles. The molecular formula is C20H19N5O2. The number of hydrogen-bond donors (Lipinski definition) is 0. The van der Waals surface area contributed by atoms with Gasteiger partial charge in [0.15, 0.2) is 0 Å². The predicted octanol–water partition coefficient (Wildman–Crippen LogP) is 2.18. The average molecular weight is 361 g/mol. The highest BCUT2D eigenvalue weighted by atomic mass is 16.5. The summed E-state index contributed by atoms with van der Waals surface area (Å²) in [6.45, 7) is 2.24. The largest absolute Gasteiger partial charge is 0.372 e. The molecule has 7 nitrogen and oxygen atoms in total. The SMILES string of the molecule is O=C(c1ccnnc1)N1CCc2c(COCc3ccncc3)cncc2C1. The fourth-order valence-electron chi connectivity index (χ4n) is 3.22. The van der Waals surface area contributed by atoms with Crippen LogP contribution < -0.4 is 0 Å². The van der Waals surface area contributed by atoms with E-state index in [2.05, 4.69) is 20.2 Å². The molecular weight excluding hydrogens is 342 g/mol. The zero-order valence-corrected chi connectivity index (χ0v) is 14.8. The lowest BCUT2D eigenvalue weighted by molar-refractivity contribution is 0.0731. The minimum absolute atomic E-state index is 0.0325. The van der Waals surface area contributed by atoms with Gasteiger partial charge < -0.3 is 9.64 Å². The number of aromatic nitrogens is 4. The van der Waals surface area contributed by atoms with Crippen LogP contribution in [0.4, 0.5) is 0 Å². The molecule has 0 saturated carbocycles. The highest BCUT2D eigenvalue weighted by molar-refractivity contribution is 5.93. The summed E-state index contributed by atoms with van der Waals surface area (Å²) in [7, 11) is 0. The van der Waals surface area contributed by atoms with Crippen molar-refractivity contribution >= 4 is 5.91 Å². The van der Waals surface area contributed by atoms with E-state index in [1.165, 1.54) is 18.0 Å². The van der Waals surface area contributed by atoms with Crippen molar-refractivity contribution in [3.05, 3.63) is 83.2 Å². The minimum atomic E-state index is -0.0325. The molecule has 0 aromatic carbocycles. The molecule has 136 valence electrons. The number of amides is 1. The molecule has 0 spiro atoms. The molecule has 1 aliphatic rings. The van der Waals surface area contributed by atoms with Crippen molar-refractivity contribution in [2.45, 2.75) is 26.2 Å². The van der Waals surface area contributed by atoms with Gasteiger partial charge in [0, 0.05) is 37.9 Å². The third-order valence-corrected chi connectivity index (χ3v) is 4.62. The molecule has 3 aromatic heterocycles. The fraction of sp³-hybridized carbons (Fsp3) is 0.250. The van der Waals surface area contributed by atoms with Crippen LogP contribution in [0.1, 0.15) is 32.6 Å². The van der Waals surface area contributed by atoms with E-state index in [1.54, 1.807) is 18.5 Å². The molecule has 0 atom stereocenters. The molecule has 0 N–H and O–H groups in total. The van der Waals surface area contributed by atoms with Crippen LogP contribution >= 0.6 is 0 Å². The molecule has 4 heterocycles. The van der Waals surface area contributed by atoms with E-state index in [0.29, 0.717) is 31.9 Å². The minimum Gasteiger partial charge on any atom is -0.372 e.